The molecule has 2 rings (SSSR count). The van der Waals surface area contributed by atoms with Gasteiger partial charge in [-0.05, 0) is 38.5 Å². The van der Waals surface area contributed by atoms with Crippen LogP contribution in [0.5, 0.6) is 0 Å². The minimum atomic E-state index is -0.0325. The maximum absolute atomic E-state index is 5.19. The molecule has 3 nitrogen and oxygen atoms in total. The van der Waals surface area contributed by atoms with Gasteiger partial charge in [0.05, 0.1) is 17.8 Å². The number of nitrogens with one attached hydrogen (secondary N) is 1. The quantitative estimate of drug-likeness (QED) is 0.782. The third-order valence-electron chi connectivity index (χ3n) is 4.69. The average Bonchev–Trinajstić information content (AvgIpc) is 2.91. The molecule has 0 radical (unpaired) electrons. The first-order valence-electron chi connectivity index (χ1n) is 7.84. The fourth-order valence-electron chi connectivity index (χ4n) is 2.86. The van der Waals surface area contributed by atoms with Crippen LogP contribution in [0.1, 0.15) is 55.6 Å². The van der Waals surface area contributed by atoms with Crippen molar-refractivity contribution >= 4 is 11.3 Å². The standard InChI is InChI=1S/C16H28N2OS/c1-5-12(2)16(3,17-10-11-19-4)15-18-13-8-6-7-9-14(13)20-15/h12,17H,5-11H2,1-4H3. The van der Waals surface area contributed by atoms with Gasteiger partial charge in [0.25, 0.3) is 0 Å². The molecular weight excluding hydrogens is 268 g/mol. The summed E-state index contributed by atoms with van der Waals surface area (Å²) in [5.74, 6) is 0.562. The summed E-state index contributed by atoms with van der Waals surface area (Å²) in [7, 11) is 1.75. The Balaban J connectivity index is 2.23. The second-order valence-electron chi connectivity index (χ2n) is 6.03. The van der Waals surface area contributed by atoms with E-state index in [1.165, 1.54) is 41.3 Å². The SMILES string of the molecule is CCC(C)C(C)(NCCOC)c1nc2c(s1)CCCC2. The first kappa shape index (κ1) is 15.9. The zero-order chi connectivity index (χ0) is 14.6. The van der Waals surface area contributed by atoms with E-state index in [4.69, 9.17) is 9.72 Å². The molecule has 0 aliphatic heterocycles. The van der Waals surface area contributed by atoms with Gasteiger partial charge in [-0.2, -0.15) is 0 Å². The maximum atomic E-state index is 5.19. The summed E-state index contributed by atoms with van der Waals surface area (Å²) < 4.78 is 5.19. The number of methoxy groups -OCH3 is 1. The van der Waals surface area contributed by atoms with Crippen LogP contribution < -0.4 is 5.32 Å². The molecule has 1 aromatic heterocycles. The van der Waals surface area contributed by atoms with E-state index in [9.17, 15) is 0 Å². The number of hydrogen-bond donors (Lipinski definition) is 1. The van der Waals surface area contributed by atoms with Crippen molar-refractivity contribution in [3.05, 3.63) is 15.6 Å². The van der Waals surface area contributed by atoms with Gasteiger partial charge in [0.2, 0.25) is 0 Å². The van der Waals surface area contributed by atoms with Crippen molar-refractivity contribution in [1.29, 1.82) is 0 Å². The normalized spacial score (nSPS) is 19.4. The lowest BCUT2D eigenvalue weighted by atomic mass is 9.85. The lowest BCUT2D eigenvalue weighted by molar-refractivity contribution is 0.168. The van der Waals surface area contributed by atoms with Crippen LogP contribution in [0.4, 0.5) is 0 Å². The molecule has 0 aromatic carbocycles. The van der Waals surface area contributed by atoms with E-state index in [2.05, 4.69) is 26.1 Å². The summed E-state index contributed by atoms with van der Waals surface area (Å²) in [6.07, 6.45) is 6.17. The topological polar surface area (TPSA) is 34.1 Å². The molecule has 0 bridgehead atoms. The summed E-state index contributed by atoms with van der Waals surface area (Å²) in [4.78, 5) is 6.51. The Kier molecular flexibility index (Phi) is 5.58. The predicted octanol–water partition coefficient (Wildman–Crippen LogP) is 3.52. The van der Waals surface area contributed by atoms with E-state index >= 15 is 0 Å². The van der Waals surface area contributed by atoms with E-state index < -0.39 is 0 Å². The number of thiazole rings is 1. The smallest absolute Gasteiger partial charge is 0.113 e. The molecule has 1 heterocycles. The predicted molar refractivity (Wildman–Crippen MR) is 85.4 cm³/mol. The van der Waals surface area contributed by atoms with Crippen LogP contribution in [0.15, 0.2) is 0 Å². The molecule has 114 valence electrons. The lowest BCUT2D eigenvalue weighted by Crippen LogP contribution is -2.46. The minimum absolute atomic E-state index is 0.0325. The first-order valence-corrected chi connectivity index (χ1v) is 8.66. The Morgan fingerprint density at radius 3 is 2.80 bits per heavy atom. The molecule has 1 N–H and O–H groups in total. The number of rotatable bonds is 7. The highest BCUT2D eigenvalue weighted by Crippen LogP contribution is 2.37. The van der Waals surface area contributed by atoms with E-state index in [1.54, 1.807) is 7.11 Å². The van der Waals surface area contributed by atoms with Crippen LogP contribution in [0, 0.1) is 5.92 Å². The average molecular weight is 296 g/mol. The molecule has 4 heteroatoms. The second-order valence-corrected chi connectivity index (χ2v) is 7.11. The van der Waals surface area contributed by atoms with Gasteiger partial charge in [-0.15, -0.1) is 11.3 Å². The second kappa shape index (κ2) is 7.01. The first-order chi connectivity index (χ1) is 9.61. The molecule has 20 heavy (non-hydrogen) atoms. The summed E-state index contributed by atoms with van der Waals surface area (Å²) in [6, 6.07) is 0. The van der Waals surface area contributed by atoms with E-state index in [-0.39, 0.29) is 5.54 Å². The van der Waals surface area contributed by atoms with Crippen molar-refractivity contribution < 1.29 is 4.74 Å². The molecule has 0 saturated carbocycles. The lowest BCUT2D eigenvalue weighted by Gasteiger charge is -2.34. The van der Waals surface area contributed by atoms with Crippen molar-refractivity contribution in [2.24, 2.45) is 5.92 Å². The van der Waals surface area contributed by atoms with Gasteiger partial charge in [0.15, 0.2) is 0 Å². The summed E-state index contributed by atoms with van der Waals surface area (Å²) in [5, 5.41) is 4.97. The Morgan fingerprint density at radius 2 is 2.15 bits per heavy atom. The Hall–Kier alpha value is -0.450. The van der Waals surface area contributed by atoms with Crippen LogP contribution in [-0.4, -0.2) is 25.2 Å². The summed E-state index contributed by atoms with van der Waals surface area (Å²) in [6.45, 7) is 8.51. The van der Waals surface area contributed by atoms with Crippen molar-refractivity contribution in [1.82, 2.24) is 10.3 Å². The highest BCUT2D eigenvalue weighted by Gasteiger charge is 2.35. The number of hydrogen-bond acceptors (Lipinski definition) is 4. The molecule has 2 atom stereocenters. The highest BCUT2D eigenvalue weighted by atomic mass is 32.1. The van der Waals surface area contributed by atoms with Gasteiger partial charge < -0.3 is 10.1 Å². The van der Waals surface area contributed by atoms with Gasteiger partial charge in [-0.3, -0.25) is 0 Å². The molecular formula is C16H28N2OS. The zero-order valence-electron chi connectivity index (χ0n) is 13.3. The number of aromatic nitrogens is 1. The minimum Gasteiger partial charge on any atom is -0.383 e. The third kappa shape index (κ3) is 3.23. The van der Waals surface area contributed by atoms with Crippen LogP contribution in [0.2, 0.25) is 0 Å². The number of aryl methyl sites for hydroxylation is 2. The highest BCUT2D eigenvalue weighted by molar-refractivity contribution is 7.11. The summed E-state index contributed by atoms with van der Waals surface area (Å²) in [5.41, 5.74) is 1.33. The van der Waals surface area contributed by atoms with Crippen LogP contribution in [0.3, 0.4) is 0 Å². The van der Waals surface area contributed by atoms with E-state index in [1.807, 2.05) is 11.3 Å². The molecule has 0 saturated heterocycles. The van der Waals surface area contributed by atoms with Gasteiger partial charge in [-0.25, -0.2) is 4.98 Å². The molecule has 2 unspecified atom stereocenters. The molecule has 1 aliphatic rings. The fraction of sp³-hybridized carbons (Fsp3) is 0.812. The third-order valence-corrected chi connectivity index (χ3v) is 6.08. The van der Waals surface area contributed by atoms with Gasteiger partial charge in [0, 0.05) is 18.5 Å². The van der Waals surface area contributed by atoms with Crippen LogP contribution in [0.25, 0.3) is 0 Å². The van der Waals surface area contributed by atoms with E-state index in [0.29, 0.717) is 5.92 Å². The molecule has 0 fully saturated rings. The number of fused-ring (bicyclic) bond motifs is 1. The molecule has 0 spiro atoms. The van der Waals surface area contributed by atoms with Crippen LogP contribution in [-0.2, 0) is 23.1 Å². The largest absolute Gasteiger partial charge is 0.383 e. The Bertz CT molecular complexity index is 409. The number of nitrogens with zero attached hydrogens (tertiary/aromatic N) is 1. The van der Waals surface area contributed by atoms with Crippen molar-refractivity contribution in [2.75, 3.05) is 20.3 Å². The van der Waals surface area contributed by atoms with Crippen molar-refractivity contribution in [3.8, 4) is 0 Å². The monoisotopic (exact) mass is 296 g/mol. The Morgan fingerprint density at radius 1 is 1.40 bits per heavy atom. The van der Waals surface area contributed by atoms with E-state index in [0.717, 1.165) is 19.6 Å². The molecule has 1 aliphatic carbocycles. The summed E-state index contributed by atoms with van der Waals surface area (Å²) >= 11 is 1.93. The van der Waals surface area contributed by atoms with Gasteiger partial charge >= 0.3 is 0 Å². The van der Waals surface area contributed by atoms with Crippen molar-refractivity contribution in [2.45, 2.75) is 58.4 Å². The van der Waals surface area contributed by atoms with Crippen LogP contribution >= 0.6 is 11.3 Å². The zero-order valence-corrected chi connectivity index (χ0v) is 14.1. The maximum Gasteiger partial charge on any atom is 0.113 e. The molecule has 1 aromatic rings. The number of ether oxygens (including phenoxy) is 1. The Labute approximate surface area is 127 Å². The fourth-order valence-corrected chi connectivity index (χ4v) is 4.24. The van der Waals surface area contributed by atoms with Gasteiger partial charge in [0.1, 0.15) is 5.01 Å². The molecule has 0 amide bonds. The van der Waals surface area contributed by atoms with Crippen molar-refractivity contribution in [3.63, 3.8) is 0 Å². The van der Waals surface area contributed by atoms with Gasteiger partial charge in [-0.1, -0.05) is 20.3 Å².